The van der Waals surface area contributed by atoms with E-state index in [-0.39, 0.29) is 11.4 Å². The van der Waals surface area contributed by atoms with Crippen molar-refractivity contribution >= 4 is 0 Å². The predicted molar refractivity (Wildman–Crippen MR) is 44.2 cm³/mol. The van der Waals surface area contributed by atoms with Crippen molar-refractivity contribution in [1.29, 1.82) is 0 Å². The zero-order valence-corrected chi connectivity index (χ0v) is 6.97. The van der Waals surface area contributed by atoms with Gasteiger partial charge in [-0.3, -0.25) is 4.98 Å². The van der Waals surface area contributed by atoms with Crippen molar-refractivity contribution in [3.63, 3.8) is 0 Å². The molecule has 0 aliphatic heterocycles. The predicted octanol–water partition coefficient (Wildman–Crippen LogP) is 1.43. The number of halogens is 1. The molecule has 3 heteroatoms. The molecular weight excluding hydrogens is 155 g/mol. The van der Waals surface area contributed by atoms with Gasteiger partial charge in [-0.25, -0.2) is 4.39 Å². The Balaban J connectivity index is 2.29. The van der Waals surface area contributed by atoms with Crippen molar-refractivity contribution in [2.24, 2.45) is 0 Å². The maximum atomic E-state index is 12.5. The number of rotatable bonds is 2. The molecule has 0 aromatic carbocycles. The lowest BCUT2D eigenvalue weighted by Gasteiger charge is -2.12. The summed E-state index contributed by atoms with van der Waals surface area (Å²) in [6.45, 7) is 0. The molecule has 2 nitrogen and oxygen atoms in total. The van der Waals surface area contributed by atoms with Crippen molar-refractivity contribution in [1.82, 2.24) is 10.3 Å². The number of aromatic nitrogens is 1. The molecule has 0 unspecified atom stereocenters. The zero-order chi connectivity index (χ0) is 8.60. The lowest BCUT2D eigenvalue weighted by atomic mass is 10.1. The van der Waals surface area contributed by atoms with Crippen LogP contribution in [0.3, 0.4) is 0 Å². The molecule has 0 radical (unpaired) electrons. The van der Waals surface area contributed by atoms with Gasteiger partial charge in [0, 0.05) is 0 Å². The second-order valence-electron chi connectivity index (χ2n) is 3.19. The van der Waals surface area contributed by atoms with Crippen LogP contribution in [-0.2, 0) is 5.54 Å². The Morgan fingerprint density at radius 2 is 2.25 bits per heavy atom. The van der Waals surface area contributed by atoms with E-state index in [1.54, 1.807) is 6.07 Å². The number of nitrogens with zero attached hydrogens (tertiary/aromatic N) is 1. The molecule has 1 fully saturated rings. The maximum absolute atomic E-state index is 12.5. The summed E-state index contributed by atoms with van der Waals surface area (Å²) >= 11 is 0. The Morgan fingerprint density at radius 3 is 2.67 bits per heavy atom. The van der Waals surface area contributed by atoms with E-state index >= 15 is 0 Å². The average molecular weight is 166 g/mol. The third-order valence-electron chi connectivity index (χ3n) is 2.45. The fourth-order valence-corrected chi connectivity index (χ4v) is 1.42. The number of hydrogen-bond donors (Lipinski definition) is 1. The molecule has 0 spiro atoms. The van der Waals surface area contributed by atoms with Crippen LogP contribution in [0.5, 0.6) is 0 Å². The Hall–Kier alpha value is -0.960. The van der Waals surface area contributed by atoms with Crippen LogP contribution >= 0.6 is 0 Å². The smallest absolute Gasteiger partial charge is 0.141 e. The first-order valence-corrected chi connectivity index (χ1v) is 4.08. The van der Waals surface area contributed by atoms with E-state index in [0.29, 0.717) is 0 Å². The number of hydrogen-bond acceptors (Lipinski definition) is 2. The summed E-state index contributed by atoms with van der Waals surface area (Å²) in [5, 5.41) is 3.20. The summed E-state index contributed by atoms with van der Waals surface area (Å²) in [7, 11) is 1.91. The van der Waals surface area contributed by atoms with Crippen LogP contribution in [0.1, 0.15) is 18.5 Å². The Morgan fingerprint density at radius 1 is 1.50 bits per heavy atom. The van der Waals surface area contributed by atoms with E-state index in [9.17, 15) is 4.39 Å². The minimum atomic E-state index is -0.273. The van der Waals surface area contributed by atoms with Gasteiger partial charge in [0.15, 0.2) is 0 Å². The molecule has 12 heavy (non-hydrogen) atoms. The van der Waals surface area contributed by atoms with E-state index in [1.807, 2.05) is 7.05 Å². The molecule has 1 aliphatic rings. The van der Waals surface area contributed by atoms with Crippen molar-refractivity contribution in [3.05, 3.63) is 29.8 Å². The van der Waals surface area contributed by atoms with Crippen molar-refractivity contribution < 1.29 is 4.39 Å². The Kier molecular flexibility index (Phi) is 1.61. The van der Waals surface area contributed by atoms with Gasteiger partial charge >= 0.3 is 0 Å². The van der Waals surface area contributed by atoms with E-state index in [1.165, 1.54) is 12.3 Å². The van der Waals surface area contributed by atoms with Gasteiger partial charge in [-0.15, -0.1) is 0 Å². The van der Waals surface area contributed by atoms with Gasteiger partial charge in [-0.2, -0.15) is 0 Å². The highest BCUT2D eigenvalue weighted by Gasteiger charge is 2.43. The van der Waals surface area contributed by atoms with Crippen LogP contribution < -0.4 is 5.32 Å². The van der Waals surface area contributed by atoms with Gasteiger partial charge in [0.1, 0.15) is 5.82 Å². The molecule has 0 bridgehead atoms. The second-order valence-corrected chi connectivity index (χ2v) is 3.19. The Bertz CT molecular complexity index is 277. The Labute approximate surface area is 70.8 Å². The van der Waals surface area contributed by atoms with Gasteiger partial charge in [-0.05, 0) is 32.0 Å². The van der Waals surface area contributed by atoms with Crippen LogP contribution in [-0.4, -0.2) is 12.0 Å². The van der Waals surface area contributed by atoms with Crippen molar-refractivity contribution in [2.75, 3.05) is 7.05 Å². The first-order valence-electron chi connectivity index (χ1n) is 4.08. The number of pyridine rings is 1. The average Bonchev–Trinajstić information content (AvgIpc) is 2.86. The molecule has 1 saturated carbocycles. The molecule has 1 aromatic rings. The summed E-state index contributed by atoms with van der Waals surface area (Å²) in [6.07, 6.45) is 3.47. The van der Waals surface area contributed by atoms with Crippen molar-refractivity contribution in [3.8, 4) is 0 Å². The molecule has 1 aliphatic carbocycles. The van der Waals surface area contributed by atoms with Crippen molar-refractivity contribution in [2.45, 2.75) is 18.4 Å². The van der Waals surface area contributed by atoms with Crippen LogP contribution in [0.25, 0.3) is 0 Å². The van der Waals surface area contributed by atoms with Crippen LogP contribution in [0.2, 0.25) is 0 Å². The first kappa shape index (κ1) is 7.68. The standard InChI is InChI=1S/C9H11FN2/c1-11-9(4-5-9)8-3-2-7(10)6-12-8/h2-3,6,11H,4-5H2,1H3. The quantitative estimate of drug-likeness (QED) is 0.718. The molecular formula is C9H11FN2. The topological polar surface area (TPSA) is 24.9 Å². The van der Waals surface area contributed by atoms with Gasteiger partial charge in [0.05, 0.1) is 17.4 Å². The molecule has 1 N–H and O–H groups in total. The highest BCUT2D eigenvalue weighted by Crippen LogP contribution is 2.43. The van der Waals surface area contributed by atoms with Crippen LogP contribution in [0.4, 0.5) is 4.39 Å². The molecule has 0 saturated heterocycles. The molecule has 0 amide bonds. The normalized spacial score (nSPS) is 19.2. The van der Waals surface area contributed by atoms with E-state index < -0.39 is 0 Å². The molecule has 0 atom stereocenters. The van der Waals surface area contributed by atoms with Gasteiger partial charge in [-0.1, -0.05) is 0 Å². The minimum Gasteiger partial charge on any atom is -0.309 e. The first-order chi connectivity index (χ1) is 5.77. The highest BCUT2D eigenvalue weighted by molar-refractivity contribution is 5.22. The summed E-state index contributed by atoms with van der Waals surface area (Å²) in [4.78, 5) is 4.05. The highest BCUT2D eigenvalue weighted by atomic mass is 19.1. The number of nitrogens with one attached hydrogen (secondary N) is 1. The fourth-order valence-electron chi connectivity index (χ4n) is 1.42. The van der Waals surface area contributed by atoms with Crippen LogP contribution in [0.15, 0.2) is 18.3 Å². The lowest BCUT2D eigenvalue weighted by molar-refractivity contribution is 0.558. The van der Waals surface area contributed by atoms with Gasteiger partial charge < -0.3 is 5.32 Å². The summed E-state index contributed by atoms with van der Waals surface area (Å²) in [6, 6.07) is 3.21. The third kappa shape index (κ3) is 1.10. The molecule has 64 valence electrons. The van der Waals surface area contributed by atoms with E-state index in [0.717, 1.165) is 18.5 Å². The second kappa shape index (κ2) is 2.52. The molecule has 2 rings (SSSR count). The van der Waals surface area contributed by atoms with Gasteiger partial charge in [0.25, 0.3) is 0 Å². The third-order valence-corrected chi connectivity index (χ3v) is 2.45. The fraction of sp³-hybridized carbons (Fsp3) is 0.444. The van der Waals surface area contributed by atoms with Crippen LogP contribution in [0, 0.1) is 5.82 Å². The zero-order valence-electron chi connectivity index (χ0n) is 6.97. The van der Waals surface area contributed by atoms with E-state index in [2.05, 4.69) is 10.3 Å². The SMILES string of the molecule is CNC1(c2ccc(F)cn2)CC1. The minimum absolute atomic E-state index is 0.0493. The monoisotopic (exact) mass is 166 g/mol. The summed E-state index contributed by atoms with van der Waals surface area (Å²) in [5.41, 5.74) is 1.000. The maximum Gasteiger partial charge on any atom is 0.141 e. The molecule has 1 aromatic heterocycles. The largest absolute Gasteiger partial charge is 0.309 e. The molecule has 1 heterocycles. The van der Waals surface area contributed by atoms with E-state index in [4.69, 9.17) is 0 Å². The summed E-state index contributed by atoms with van der Waals surface area (Å²) < 4.78 is 12.5. The van der Waals surface area contributed by atoms with Gasteiger partial charge in [0.2, 0.25) is 0 Å². The summed E-state index contributed by atoms with van der Waals surface area (Å²) in [5.74, 6) is -0.273. The lowest BCUT2D eigenvalue weighted by Crippen LogP contribution is -2.25.